The number of nitrogens with one attached hydrogen (secondary N) is 1. The Labute approximate surface area is 72.9 Å². The molecule has 5 heteroatoms. The van der Waals surface area contributed by atoms with E-state index in [1.807, 2.05) is 0 Å². The summed E-state index contributed by atoms with van der Waals surface area (Å²) >= 11 is 0. The lowest BCUT2D eigenvalue weighted by atomic mass is 9.98. The van der Waals surface area contributed by atoms with E-state index in [4.69, 9.17) is 0 Å². The highest BCUT2D eigenvalue weighted by Gasteiger charge is 2.25. The molecular weight excluding hydrogens is 178 g/mol. The van der Waals surface area contributed by atoms with Gasteiger partial charge in [0.2, 0.25) is 0 Å². The molecule has 0 aromatic carbocycles. The Balaban J connectivity index is 2.50. The molecule has 2 atom stereocenters. The molecule has 4 nitrogen and oxygen atoms in total. The molecule has 12 heavy (non-hydrogen) atoms. The summed E-state index contributed by atoms with van der Waals surface area (Å²) in [5, 5.41) is 12.5. The lowest BCUT2D eigenvalue weighted by molar-refractivity contribution is 0.0896. The van der Waals surface area contributed by atoms with Crippen LogP contribution in [0.3, 0.4) is 0 Å². The highest BCUT2D eigenvalue weighted by molar-refractivity contribution is 7.90. The smallest absolute Gasteiger partial charge is 0.147 e. The molecule has 0 radical (unpaired) electrons. The summed E-state index contributed by atoms with van der Waals surface area (Å²) in [6.45, 7) is 1.38. The van der Waals surface area contributed by atoms with E-state index in [9.17, 15) is 13.5 Å². The highest BCUT2D eigenvalue weighted by atomic mass is 32.2. The van der Waals surface area contributed by atoms with Crippen molar-refractivity contribution in [2.75, 3.05) is 25.1 Å². The Morgan fingerprint density at radius 1 is 1.58 bits per heavy atom. The van der Waals surface area contributed by atoms with Crippen LogP contribution in [0.4, 0.5) is 0 Å². The number of aliphatic hydroxyl groups is 1. The van der Waals surface area contributed by atoms with Crippen LogP contribution in [0.2, 0.25) is 0 Å². The molecule has 72 valence electrons. The average molecular weight is 193 g/mol. The van der Waals surface area contributed by atoms with Crippen molar-refractivity contribution in [3.8, 4) is 0 Å². The van der Waals surface area contributed by atoms with Gasteiger partial charge in [0, 0.05) is 18.7 Å². The summed E-state index contributed by atoms with van der Waals surface area (Å²) in [5.74, 6) is -0.0463. The summed E-state index contributed by atoms with van der Waals surface area (Å²) in [5.41, 5.74) is 0. The quantitative estimate of drug-likeness (QED) is 0.590. The monoisotopic (exact) mass is 193 g/mol. The largest absolute Gasteiger partial charge is 0.393 e. The Bertz CT molecular complexity index is 237. The predicted octanol–water partition coefficient (Wildman–Crippen LogP) is -0.999. The molecule has 1 saturated heterocycles. The normalized spacial score (nSPS) is 31.8. The van der Waals surface area contributed by atoms with Crippen molar-refractivity contribution in [3.05, 3.63) is 0 Å². The topological polar surface area (TPSA) is 66.4 Å². The molecule has 0 saturated carbocycles. The lowest BCUT2D eigenvalue weighted by Crippen LogP contribution is -2.42. The number of piperidine rings is 1. The van der Waals surface area contributed by atoms with Crippen LogP contribution in [-0.4, -0.2) is 44.7 Å². The Morgan fingerprint density at radius 3 is 2.75 bits per heavy atom. The second-order valence-corrected chi connectivity index (χ2v) is 5.60. The van der Waals surface area contributed by atoms with Crippen molar-refractivity contribution in [1.82, 2.24) is 5.32 Å². The summed E-state index contributed by atoms with van der Waals surface area (Å²) in [6, 6.07) is 0. The van der Waals surface area contributed by atoms with Crippen LogP contribution in [0.15, 0.2) is 0 Å². The van der Waals surface area contributed by atoms with Crippen molar-refractivity contribution in [2.45, 2.75) is 12.5 Å². The molecule has 0 amide bonds. The molecule has 0 aromatic rings. The Morgan fingerprint density at radius 2 is 2.25 bits per heavy atom. The van der Waals surface area contributed by atoms with E-state index in [2.05, 4.69) is 5.32 Å². The minimum Gasteiger partial charge on any atom is -0.393 e. The zero-order valence-corrected chi connectivity index (χ0v) is 7.97. The number of hydrogen-bond donors (Lipinski definition) is 2. The van der Waals surface area contributed by atoms with Crippen molar-refractivity contribution < 1.29 is 13.5 Å². The number of aliphatic hydroxyl groups excluding tert-OH is 1. The van der Waals surface area contributed by atoms with Gasteiger partial charge >= 0.3 is 0 Å². The third kappa shape index (κ3) is 3.08. The maximum atomic E-state index is 10.9. The second kappa shape index (κ2) is 3.72. The summed E-state index contributed by atoms with van der Waals surface area (Å²) in [7, 11) is -2.96. The van der Waals surface area contributed by atoms with Crippen LogP contribution in [0, 0.1) is 5.92 Å². The first-order valence-electron chi connectivity index (χ1n) is 4.05. The van der Waals surface area contributed by atoms with Crippen LogP contribution in [0.5, 0.6) is 0 Å². The van der Waals surface area contributed by atoms with Gasteiger partial charge in [-0.15, -0.1) is 0 Å². The maximum Gasteiger partial charge on any atom is 0.147 e. The highest BCUT2D eigenvalue weighted by Crippen LogP contribution is 2.12. The molecule has 1 aliphatic rings. The van der Waals surface area contributed by atoms with E-state index in [1.165, 1.54) is 6.26 Å². The fourth-order valence-electron chi connectivity index (χ4n) is 1.47. The first-order chi connectivity index (χ1) is 5.49. The molecule has 1 heterocycles. The molecular formula is C7H15NO3S. The number of rotatable bonds is 2. The molecule has 1 fully saturated rings. The molecule has 1 rings (SSSR count). The van der Waals surface area contributed by atoms with E-state index in [-0.39, 0.29) is 11.7 Å². The van der Waals surface area contributed by atoms with Crippen LogP contribution >= 0.6 is 0 Å². The zero-order chi connectivity index (χ0) is 9.19. The van der Waals surface area contributed by atoms with Gasteiger partial charge in [-0.2, -0.15) is 0 Å². The van der Waals surface area contributed by atoms with Gasteiger partial charge in [-0.3, -0.25) is 0 Å². The van der Waals surface area contributed by atoms with Gasteiger partial charge in [-0.1, -0.05) is 0 Å². The van der Waals surface area contributed by atoms with E-state index < -0.39 is 15.9 Å². The van der Waals surface area contributed by atoms with E-state index in [0.29, 0.717) is 13.0 Å². The standard InChI is InChI=1S/C7H15NO3S/c1-12(10,11)5-6-4-8-3-2-7(6)9/h6-9H,2-5H2,1H3. The first-order valence-corrected chi connectivity index (χ1v) is 6.11. The molecule has 0 spiro atoms. The Hall–Kier alpha value is -0.130. The van der Waals surface area contributed by atoms with Crippen molar-refractivity contribution in [2.24, 2.45) is 5.92 Å². The van der Waals surface area contributed by atoms with Gasteiger partial charge in [0.15, 0.2) is 0 Å². The van der Waals surface area contributed by atoms with E-state index in [1.54, 1.807) is 0 Å². The summed E-state index contributed by atoms with van der Waals surface area (Å²) < 4.78 is 21.8. The van der Waals surface area contributed by atoms with E-state index >= 15 is 0 Å². The van der Waals surface area contributed by atoms with Crippen LogP contribution in [0.1, 0.15) is 6.42 Å². The van der Waals surface area contributed by atoms with Gasteiger partial charge in [0.25, 0.3) is 0 Å². The average Bonchev–Trinajstić information content (AvgIpc) is 1.91. The lowest BCUT2D eigenvalue weighted by Gasteiger charge is -2.27. The molecule has 0 aliphatic carbocycles. The van der Waals surface area contributed by atoms with Gasteiger partial charge < -0.3 is 10.4 Å². The molecule has 2 unspecified atom stereocenters. The van der Waals surface area contributed by atoms with Crippen LogP contribution in [-0.2, 0) is 9.84 Å². The predicted molar refractivity (Wildman–Crippen MR) is 46.7 cm³/mol. The number of hydrogen-bond acceptors (Lipinski definition) is 4. The van der Waals surface area contributed by atoms with Crippen molar-refractivity contribution in [1.29, 1.82) is 0 Å². The van der Waals surface area contributed by atoms with Gasteiger partial charge in [0.1, 0.15) is 9.84 Å². The number of sulfone groups is 1. The third-order valence-corrected chi connectivity index (χ3v) is 3.12. The molecule has 0 bridgehead atoms. The van der Waals surface area contributed by atoms with Crippen molar-refractivity contribution >= 4 is 9.84 Å². The molecule has 2 N–H and O–H groups in total. The fourth-order valence-corrected chi connectivity index (χ4v) is 2.59. The molecule has 0 aromatic heterocycles. The minimum atomic E-state index is -2.96. The van der Waals surface area contributed by atoms with Crippen molar-refractivity contribution in [3.63, 3.8) is 0 Å². The third-order valence-electron chi connectivity index (χ3n) is 2.08. The van der Waals surface area contributed by atoms with Gasteiger partial charge in [0.05, 0.1) is 11.9 Å². The zero-order valence-electron chi connectivity index (χ0n) is 7.16. The first kappa shape index (κ1) is 9.95. The fraction of sp³-hybridized carbons (Fsp3) is 1.00. The van der Waals surface area contributed by atoms with Crippen LogP contribution in [0.25, 0.3) is 0 Å². The maximum absolute atomic E-state index is 10.9. The van der Waals surface area contributed by atoms with Gasteiger partial charge in [-0.05, 0) is 13.0 Å². The summed E-state index contributed by atoms with van der Waals surface area (Å²) in [4.78, 5) is 0. The Kier molecular flexibility index (Phi) is 3.09. The minimum absolute atomic E-state index is 0.0845. The second-order valence-electron chi connectivity index (χ2n) is 3.41. The van der Waals surface area contributed by atoms with Crippen LogP contribution < -0.4 is 5.32 Å². The summed E-state index contributed by atoms with van der Waals surface area (Å²) in [6.07, 6.45) is 1.40. The van der Waals surface area contributed by atoms with Gasteiger partial charge in [-0.25, -0.2) is 8.42 Å². The molecule has 1 aliphatic heterocycles. The SMILES string of the molecule is CS(=O)(=O)CC1CNCCC1O. The van der Waals surface area contributed by atoms with E-state index in [0.717, 1.165) is 6.54 Å².